The van der Waals surface area contributed by atoms with E-state index in [4.69, 9.17) is 6.57 Å². The monoisotopic (exact) mass is 227 g/mol. The highest BCUT2D eigenvalue weighted by atomic mass is 16.5. The first kappa shape index (κ1) is 10.9. The number of carbonyl (C=O) groups is 1. The van der Waals surface area contributed by atoms with Crippen LogP contribution in [0, 0.1) is 6.57 Å². The Hall–Kier alpha value is -2.61. The Bertz CT molecular complexity index is 582. The molecule has 0 amide bonds. The smallest absolute Gasteiger partial charge is 0.336 e. The fraction of sp³-hybridized carbons (Fsp3) is 0.0833. The van der Waals surface area contributed by atoms with Crippen molar-refractivity contribution >= 4 is 11.7 Å². The van der Waals surface area contributed by atoms with Gasteiger partial charge in [0.05, 0.1) is 19.9 Å². The summed E-state index contributed by atoms with van der Waals surface area (Å²) in [7, 11) is 1.31. The molecule has 0 saturated carbocycles. The number of esters is 1. The summed E-state index contributed by atoms with van der Waals surface area (Å²) in [6.07, 6.45) is 3.32. The van der Waals surface area contributed by atoms with Gasteiger partial charge in [0.1, 0.15) is 0 Å². The lowest BCUT2D eigenvalue weighted by atomic mass is 10.0. The van der Waals surface area contributed by atoms with E-state index in [0.29, 0.717) is 11.3 Å². The molecule has 1 aromatic carbocycles. The van der Waals surface area contributed by atoms with Crippen LogP contribution >= 0.6 is 0 Å². The molecule has 0 spiro atoms. The second-order valence-electron chi connectivity index (χ2n) is 3.32. The molecule has 84 valence electrons. The van der Waals surface area contributed by atoms with Crippen molar-refractivity contribution in [1.82, 2.24) is 10.2 Å². The summed E-state index contributed by atoms with van der Waals surface area (Å²) in [5.41, 5.74) is 2.31. The van der Waals surface area contributed by atoms with Gasteiger partial charge in [-0.15, -0.1) is 0 Å². The molecule has 0 aliphatic heterocycles. The first-order chi connectivity index (χ1) is 8.26. The molecule has 0 unspecified atom stereocenters. The lowest BCUT2D eigenvalue weighted by Gasteiger charge is -2.04. The minimum absolute atomic E-state index is 0.366. The van der Waals surface area contributed by atoms with Crippen molar-refractivity contribution in [1.29, 1.82) is 0 Å². The Labute approximate surface area is 97.9 Å². The third kappa shape index (κ3) is 2.01. The molecule has 0 atom stereocenters. The van der Waals surface area contributed by atoms with E-state index in [1.807, 2.05) is 0 Å². The number of rotatable bonds is 2. The summed E-state index contributed by atoms with van der Waals surface area (Å²) in [6, 6.07) is 4.86. The van der Waals surface area contributed by atoms with Crippen molar-refractivity contribution < 1.29 is 9.53 Å². The molecule has 0 radical (unpaired) electrons. The summed E-state index contributed by atoms with van der Waals surface area (Å²) in [5.74, 6) is -0.450. The quantitative estimate of drug-likeness (QED) is 0.633. The summed E-state index contributed by atoms with van der Waals surface area (Å²) < 4.78 is 4.61. The molecule has 1 aromatic heterocycles. The van der Waals surface area contributed by atoms with E-state index in [-0.39, 0.29) is 0 Å². The Kier molecular flexibility index (Phi) is 2.88. The van der Waals surface area contributed by atoms with Crippen LogP contribution in [-0.2, 0) is 4.74 Å². The molecule has 5 nitrogen and oxygen atoms in total. The number of aromatic nitrogens is 2. The number of methoxy groups -OCH3 is 1. The molecular formula is C12H9N3O2. The van der Waals surface area contributed by atoms with Crippen molar-refractivity contribution in [3.8, 4) is 11.1 Å². The van der Waals surface area contributed by atoms with Gasteiger partial charge in [-0.1, -0.05) is 6.07 Å². The fourth-order valence-corrected chi connectivity index (χ4v) is 1.51. The predicted octanol–water partition coefficient (Wildman–Crippen LogP) is 2.41. The molecule has 0 aliphatic rings. The summed E-state index contributed by atoms with van der Waals surface area (Å²) in [4.78, 5) is 14.7. The molecule has 2 aromatic rings. The molecule has 1 heterocycles. The van der Waals surface area contributed by atoms with Gasteiger partial charge in [0, 0.05) is 17.3 Å². The zero-order valence-corrected chi connectivity index (χ0v) is 9.10. The minimum atomic E-state index is -0.450. The molecule has 0 saturated heterocycles. The lowest BCUT2D eigenvalue weighted by molar-refractivity contribution is 0.0601. The zero-order valence-electron chi connectivity index (χ0n) is 9.10. The molecular weight excluding hydrogens is 218 g/mol. The zero-order chi connectivity index (χ0) is 12.3. The lowest BCUT2D eigenvalue weighted by Crippen LogP contribution is -2.00. The standard InChI is InChI=1S/C12H9N3O2/c1-13-11-5-8(12(16)17-2)3-4-10(11)9-6-14-15-7-9/h3-7H,2H3,(H,14,15). The van der Waals surface area contributed by atoms with E-state index in [1.165, 1.54) is 13.2 Å². The average molecular weight is 227 g/mol. The van der Waals surface area contributed by atoms with Crippen LogP contribution in [0.5, 0.6) is 0 Å². The van der Waals surface area contributed by atoms with Gasteiger partial charge in [-0.05, 0) is 17.7 Å². The number of hydrogen-bond donors (Lipinski definition) is 1. The van der Waals surface area contributed by atoms with E-state index in [2.05, 4.69) is 19.8 Å². The molecule has 0 fully saturated rings. The van der Waals surface area contributed by atoms with Crippen molar-refractivity contribution in [2.24, 2.45) is 0 Å². The van der Waals surface area contributed by atoms with E-state index < -0.39 is 5.97 Å². The Morgan fingerprint density at radius 1 is 1.53 bits per heavy atom. The van der Waals surface area contributed by atoms with Crippen LogP contribution in [-0.4, -0.2) is 23.3 Å². The van der Waals surface area contributed by atoms with Crippen molar-refractivity contribution in [2.75, 3.05) is 7.11 Å². The molecule has 0 bridgehead atoms. The highest BCUT2D eigenvalue weighted by Gasteiger charge is 2.11. The van der Waals surface area contributed by atoms with E-state index in [1.54, 1.807) is 24.5 Å². The minimum Gasteiger partial charge on any atom is -0.465 e. The van der Waals surface area contributed by atoms with Crippen LogP contribution in [0.1, 0.15) is 10.4 Å². The third-order valence-corrected chi connectivity index (χ3v) is 2.35. The summed E-state index contributed by atoms with van der Waals surface area (Å²) in [6.45, 7) is 7.12. The highest BCUT2D eigenvalue weighted by molar-refractivity contribution is 5.93. The number of H-pyrrole nitrogens is 1. The number of nitrogens with zero attached hydrogens (tertiary/aromatic N) is 2. The van der Waals surface area contributed by atoms with Gasteiger partial charge in [0.25, 0.3) is 0 Å². The van der Waals surface area contributed by atoms with Crippen LogP contribution in [0.2, 0.25) is 0 Å². The molecule has 17 heavy (non-hydrogen) atoms. The predicted molar refractivity (Wildman–Crippen MR) is 61.6 cm³/mol. The Morgan fingerprint density at radius 2 is 2.35 bits per heavy atom. The van der Waals surface area contributed by atoms with E-state index in [0.717, 1.165) is 11.1 Å². The maximum atomic E-state index is 11.3. The number of aromatic amines is 1. The number of nitrogens with one attached hydrogen (secondary N) is 1. The number of hydrogen-bond acceptors (Lipinski definition) is 3. The van der Waals surface area contributed by atoms with Crippen molar-refractivity contribution in [3.63, 3.8) is 0 Å². The highest BCUT2D eigenvalue weighted by Crippen LogP contribution is 2.30. The van der Waals surface area contributed by atoms with Crippen molar-refractivity contribution in [3.05, 3.63) is 47.6 Å². The summed E-state index contributed by atoms with van der Waals surface area (Å²) in [5, 5.41) is 6.51. The molecule has 2 rings (SSSR count). The van der Waals surface area contributed by atoms with Gasteiger partial charge in [-0.2, -0.15) is 5.10 Å². The maximum Gasteiger partial charge on any atom is 0.336 e. The van der Waals surface area contributed by atoms with Gasteiger partial charge in [-0.25, -0.2) is 9.64 Å². The molecule has 1 N–H and O–H groups in total. The second-order valence-corrected chi connectivity index (χ2v) is 3.32. The van der Waals surface area contributed by atoms with Crippen LogP contribution in [0.15, 0.2) is 30.6 Å². The normalized spacial score (nSPS) is 9.65. The summed E-state index contributed by atoms with van der Waals surface area (Å²) >= 11 is 0. The van der Waals surface area contributed by atoms with Gasteiger partial charge < -0.3 is 4.74 Å². The molecule has 0 aliphatic carbocycles. The number of carbonyl (C=O) groups excluding carboxylic acids is 1. The first-order valence-corrected chi connectivity index (χ1v) is 4.85. The average Bonchev–Trinajstić information content (AvgIpc) is 2.90. The van der Waals surface area contributed by atoms with Crippen LogP contribution in [0.3, 0.4) is 0 Å². The SMILES string of the molecule is [C-]#[N+]c1cc(C(=O)OC)ccc1-c1cn[nH]c1. The van der Waals surface area contributed by atoms with Gasteiger partial charge in [0.15, 0.2) is 5.69 Å². The van der Waals surface area contributed by atoms with Crippen molar-refractivity contribution in [2.45, 2.75) is 0 Å². The van der Waals surface area contributed by atoms with E-state index >= 15 is 0 Å². The largest absolute Gasteiger partial charge is 0.465 e. The first-order valence-electron chi connectivity index (χ1n) is 4.85. The van der Waals surface area contributed by atoms with Gasteiger partial charge in [-0.3, -0.25) is 5.10 Å². The third-order valence-electron chi connectivity index (χ3n) is 2.35. The topological polar surface area (TPSA) is 59.3 Å². The van der Waals surface area contributed by atoms with Gasteiger partial charge in [0.2, 0.25) is 0 Å². The second kappa shape index (κ2) is 4.49. The number of benzene rings is 1. The van der Waals surface area contributed by atoms with Crippen LogP contribution in [0.4, 0.5) is 5.69 Å². The Balaban J connectivity index is 2.51. The fourth-order valence-electron chi connectivity index (χ4n) is 1.51. The maximum absolute atomic E-state index is 11.3. The van der Waals surface area contributed by atoms with Gasteiger partial charge >= 0.3 is 5.97 Å². The molecule has 5 heteroatoms. The van der Waals surface area contributed by atoms with Crippen LogP contribution in [0.25, 0.3) is 16.0 Å². The number of ether oxygens (including phenoxy) is 1. The van der Waals surface area contributed by atoms with E-state index in [9.17, 15) is 4.79 Å². The van der Waals surface area contributed by atoms with Crippen LogP contribution < -0.4 is 0 Å². The Morgan fingerprint density at radius 3 is 2.94 bits per heavy atom.